The molecule has 0 spiro atoms. The summed E-state index contributed by atoms with van der Waals surface area (Å²) in [5, 5.41) is 0. The van der Waals surface area contributed by atoms with E-state index in [-0.39, 0.29) is 0 Å². The minimum atomic E-state index is 1.06. The fraction of sp³-hybridized carbons (Fsp3) is 0.778. The van der Waals surface area contributed by atoms with E-state index in [1.54, 1.807) is 5.57 Å². The lowest BCUT2D eigenvalue weighted by molar-refractivity contribution is 0.379. The van der Waals surface area contributed by atoms with Gasteiger partial charge in [-0.25, -0.2) is 0 Å². The molecule has 0 aliphatic heterocycles. The first-order valence-corrected chi connectivity index (χ1v) is 4.08. The first-order valence-electron chi connectivity index (χ1n) is 4.08. The summed E-state index contributed by atoms with van der Waals surface area (Å²) in [7, 11) is 0. The molecule has 50 valence electrons. The highest BCUT2D eigenvalue weighted by Gasteiger charge is 2.32. The fourth-order valence-corrected chi connectivity index (χ4v) is 2.33. The summed E-state index contributed by atoms with van der Waals surface area (Å²) in [6, 6.07) is 0. The highest BCUT2D eigenvalue weighted by atomic mass is 14.4. The smallest absolute Gasteiger partial charge is 0.0286 e. The van der Waals surface area contributed by atoms with Crippen molar-refractivity contribution < 1.29 is 0 Å². The van der Waals surface area contributed by atoms with Crippen LogP contribution in [0.1, 0.15) is 32.6 Å². The molecule has 9 heavy (non-hydrogen) atoms. The van der Waals surface area contributed by atoms with Gasteiger partial charge in [-0.05, 0) is 31.1 Å². The number of hydrogen-bond acceptors (Lipinski definition) is 0. The Morgan fingerprint density at radius 3 is 2.78 bits per heavy atom. The molecule has 2 atom stereocenters. The quantitative estimate of drug-likeness (QED) is 0.469. The van der Waals surface area contributed by atoms with Crippen molar-refractivity contribution in [1.82, 2.24) is 0 Å². The van der Waals surface area contributed by atoms with Crippen molar-refractivity contribution in [3.05, 3.63) is 11.6 Å². The third-order valence-electron chi connectivity index (χ3n) is 2.95. The summed E-state index contributed by atoms with van der Waals surface area (Å²) in [6.07, 6.45) is 8.13. The molecule has 0 heterocycles. The van der Waals surface area contributed by atoms with E-state index in [4.69, 9.17) is 0 Å². The Labute approximate surface area is 57.0 Å². The molecule has 0 aromatic heterocycles. The Morgan fingerprint density at radius 1 is 1.56 bits per heavy atom. The zero-order valence-electron chi connectivity index (χ0n) is 6.06. The maximum atomic E-state index is 2.46. The van der Waals surface area contributed by atoms with Crippen LogP contribution in [-0.2, 0) is 0 Å². The fourth-order valence-electron chi connectivity index (χ4n) is 2.33. The lowest BCUT2D eigenvalue weighted by Gasteiger charge is -2.15. The molecule has 2 aliphatic rings. The van der Waals surface area contributed by atoms with Crippen molar-refractivity contribution in [2.45, 2.75) is 32.6 Å². The molecule has 1 saturated carbocycles. The minimum absolute atomic E-state index is 1.06. The summed E-state index contributed by atoms with van der Waals surface area (Å²) in [5.41, 5.74) is 1.76. The van der Waals surface area contributed by atoms with E-state index in [9.17, 15) is 0 Å². The van der Waals surface area contributed by atoms with Gasteiger partial charge in [-0.2, -0.15) is 0 Å². The Balaban J connectivity index is 2.12. The molecular weight excluding hydrogens is 108 g/mol. The Kier molecular flexibility index (Phi) is 1.14. The average molecular weight is 122 g/mol. The predicted molar refractivity (Wildman–Crippen MR) is 39.2 cm³/mol. The van der Waals surface area contributed by atoms with Gasteiger partial charge in [0.1, 0.15) is 0 Å². The molecule has 0 saturated heterocycles. The zero-order valence-corrected chi connectivity index (χ0v) is 6.06. The minimum Gasteiger partial charge on any atom is -0.0850 e. The molecule has 2 bridgehead atoms. The number of fused-ring (bicyclic) bond motifs is 2. The van der Waals surface area contributed by atoms with Crippen molar-refractivity contribution in [3.63, 3.8) is 0 Å². The SMILES string of the molecule is CCC1CC2=CCC1C2. The van der Waals surface area contributed by atoms with Crippen molar-refractivity contribution in [3.8, 4) is 0 Å². The van der Waals surface area contributed by atoms with E-state index >= 15 is 0 Å². The normalized spacial score (nSPS) is 39.4. The van der Waals surface area contributed by atoms with Crippen molar-refractivity contribution in [1.29, 1.82) is 0 Å². The summed E-state index contributed by atoms with van der Waals surface area (Å²) in [4.78, 5) is 0. The van der Waals surface area contributed by atoms with Gasteiger partial charge in [-0.1, -0.05) is 25.0 Å². The van der Waals surface area contributed by atoms with E-state index in [2.05, 4.69) is 13.0 Å². The van der Waals surface area contributed by atoms with Gasteiger partial charge in [-0.15, -0.1) is 0 Å². The van der Waals surface area contributed by atoms with Crippen LogP contribution in [0, 0.1) is 11.8 Å². The molecule has 2 unspecified atom stereocenters. The molecule has 0 amide bonds. The van der Waals surface area contributed by atoms with Crippen molar-refractivity contribution in [2.75, 3.05) is 0 Å². The molecule has 1 fully saturated rings. The van der Waals surface area contributed by atoms with Crippen LogP contribution in [0.2, 0.25) is 0 Å². The Morgan fingerprint density at radius 2 is 2.44 bits per heavy atom. The first kappa shape index (κ1) is 5.52. The lowest BCUT2D eigenvalue weighted by Crippen LogP contribution is -2.05. The second-order valence-electron chi connectivity index (χ2n) is 3.43. The molecule has 0 aromatic rings. The molecule has 0 N–H and O–H groups in total. The average Bonchev–Trinajstić information content (AvgIpc) is 2.45. The molecule has 2 aliphatic carbocycles. The van der Waals surface area contributed by atoms with Crippen LogP contribution in [0.5, 0.6) is 0 Å². The van der Waals surface area contributed by atoms with Crippen LogP contribution in [0.3, 0.4) is 0 Å². The zero-order chi connectivity index (χ0) is 6.27. The van der Waals surface area contributed by atoms with E-state index in [1.807, 2.05) is 0 Å². The second kappa shape index (κ2) is 1.86. The molecule has 2 rings (SSSR count). The van der Waals surface area contributed by atoms with Gasteiger partial charge in [0.25, 0.3) is 0 Å². The molecule has 0 radical (unpaired) electrons. The van der Waals surface area contributed by atoms with Gasteiger partial charge < -0.3 is 0 Å². The van der Waals surface area contributed by atoms with Crippen LogP contribution in [0.25, 0.3) is 0 Å². The second-order valence-corrected chi connectivity index (χ2v) is 3.43. The van der Waals surface area contributed by atoms with Gasteiger partial charge in [0.05, 0.1) is 0 Å². The van der Waals surface area contributed by atoms with E-state index in [0.717, 1.165) is 11.8 Å². The summed E-state index contributed by atoms with van der Waals surface area (Å²) in [6.45, 7) is 2.33. The topological polar surface area (TPSA) is 0 Å². The lowest BCUT2D eigenvalue weighted by atomic mass is 9.90. The molecule has 0 aromatic carbocycles. The van der Waals surface area contributed by atoms with Crippen LogP contribution >= 0.6 is 0 Å². The largest absolute Gasteiger partial charge is 0.0850 e. The van der Waals surface area contributed by atoms with Crippen molar-refractivity contribution >= 4 is 0 Å². The monoisotopic (exact) mass is 122 g/mol. The Bertz CT molecular complexity index is 144. The summed E-state index contributed by atoms with van der Waals surface area (Å²) >= 11 is 0. The maximum Gasteiger partial charge on any atom is -0.0286 e. The summed E-state index contributed by atoms with van der Waals surface area (Å²) < 4.78 is 0. The van der Waals surface area contributed by atoms with Crippen LogP contribution in [0.15, 0.2) is 11.6 Å². The van der Waals surface area contributed by atoms with Gasteiger partial charge in [0.15, 0.2) is 0 Å². The number of hydrogen-bond donors (Lipinski definition) is 0. The van der Waals surface area contributed by atoms with E-state index in [1.165, 1.54) is 25.7 Å². The number of allylic oxidation sites excluding steroid dienone is 2. The van der Waals surface area contributed by atoms with E-state index < -0.39 is 0 Å². The van der Waals surface area contributed by atoms with E-state index in [0.29, 0.717) is 0 Å². The van der Waals surface area contributed by atoms with Gasteiger partial charge in [0.2, 0.25) is 0 Å². The number of rotatable bonds is 1. The third kappa shape index (κ3) is 0.726. The maximum absolute atomic E-state index is 2.46. The molecule has 0 heteroatoms. The first-order chi connectivity index (χ1) is 4.40. The summed E-state index contributed by atoms with van der Waals surface area (Å²) in [5.74, 6) is 2.12. The van der Waals surface area contributed by atoms with Gasteiger partial charge in [0, 0.05) is 0 Å². The van der Waals surface area contributed by atoms with Crippen molar-refractivity contribution in [2.24, 2.45) is 11.8 Å². The highest BCUT2D eigenvalue weighted by Crippen LogP contribution is 2.45. The van der Waals surface area contributed by atoms with Gasteiger partial charge in [-0.3, -0.25) is 0 Å². The van der Waals surface area contributed by atoms with Crippen LogP contribution in [0.4, 0.5) is 0 Å². The third-order valence-corrected chi connectivity index (χ3v) is 2.95. The van der Waals surface area contributed by atoms with Crippen LogP contribution in [-0.4, -0.2) is 0 Å². The molecular formula is C9H14. The van der Waals surface area contributed by atoms with Crippen LogP contribution < -0.4 is 0 Å². The Hall–Kier alpha value is -0.260. The molecule has 0 nitrogen and oxygen atoms in total. The standard InChI is InChI=1S/C9H14/c1-2-8-5-7-3-4-9(8)6-7/h3,8-9H,2,4-6H2,1H3. The highest BCUT2D eigenvalue weighted by molar-refractivity contribution is 5.17. The van der Waals surface area contributed by atoms with Gasteiger partial charge >= 0.3 is 0 Å². The predicted octanol–water partition coefficient (Wildman–Crippen LogP) is 2.75.